The summed E-state index contributed by atoms with van der Waals surface area (Å²) < 4.78 is 12.5. The molecule has 0 saturated heterocycles. The number of thioether (sulfide) groups is 1. The van der Waals surface area contributed by atoms with Crippen LogP contribution < -0.4 is 5.32 Å². The molecule has 0 spiro atoms. The third kappa shape index (κ3) is 5.54. The summed E-state index contributed by atoms with van der Waals surface area (Å²) in [6.07, 6.45) is 2.35. The number of fused-ring (bicyclic) bond motifs is 1. The zero-order valence-corrected chi connectivity index (χ0v) is 18.9. The van der Waals surface area contributed by atoms with E-state index in [0.29, 0.717) is 42.0 Å². The van der Waals surface area contributed by atoms with E-state index >= 15 is 0 Å². The molecule has 0 unspecified atom stereocenters. The van der Waals surface area contributed by atoms with Crippen molar-refractivity contribution in [3.63, 3.8) is 0 Å². The van der Waals surface area contributed by atoms with Gasteiger partial charge in [-0.2, -0.15) is 4.98 Å². The topological polar surface area (TPSA) is 94.6 Å². The van der Waals surface area contributed by atoms with E-state index in [1.54, 1.807) is 10.8 Å². The van der Waals surface area contributed by atoms with Gasteiger partial charge in [-0.3, -0.25) is 4.79 Å². The van der Waals surface area contributed by atoms with Gasteiger partial charge < -0.3 is 14.5 Å². The molecule has 0 aliphatic rings. The Labute approximate surface area is 190 Å². The normalized spacial score (nSPS) is 11.2. The molecule has 1 amide bonds. The maximum atomic E-state index is 12.7. The number of aryl methyl sites for hydroxylation is 2. The van der Waals surface area contributed by atoms with Crippen molar-refractivity contribution in [2.24, 2.45) is 0 Å². The van der Waals surface area contributed by atoms with Crippen LogP contribution >= 0.6 is 11.8 Å². The summed E-state index contributed by atoms with van der Waals surface area (Å²) in [4.78, 5) is 21.6. The molecule has 4 aromatic rings. The van der Waals surface area contributed by atoms with Crippen molar-refractivity contribution in [3.8, 4) is 0 Å². The molecule has 0 aliphatic heterocycles. The second-order valence-electron chi connectivity index (χ2n) is 7.33. The van der Waals surface area contributed by atoms with E-state index in [4.69, 9.17) is 9.15 Å². The molecule has 0 saturated carbocycles. The molecule has 4 rings (SSSR count). The molecule has 0 radical (unpaired) electrons. The fraction of sp³-hybridized carbons (Fsp3) is 0.304. The molecule has 8 nitrogen and oxygen atoms in total. The first-order valence-electron chi connectivity index (χ1n) is 10.4. The van der Waals surface area contributed by atoms with Gasteiger partial charge in [0.15, 0.2) is 0 Å². The Bertz CT molecular complexity index is 1190. The number of nitrogens with zero attached hydrogens (tertiary/aromatic N) is 4. The van der Waals surface area contributed by atoms with E-state index in [9.17, 15) is 4.79 Å². The smallest absolute Gasteiger partial charge is 0.253 e. The van der Waals surface area contributed by atoms with E-state index < -0.39 is 0 Å². The zero-order chi connectivity index (χ0) is 22.3. The Hall–Kier alpha value is -3.17. The van der Waals surface area contributed by atoms with Crippen molar-refractivity contribution >= 4 is 23.4 Å². The maximum Gasteiger partial charge on any atom is 0.253 e. The molecule has 0 fully saturated rings. The van der Waals surface area contributed by atoms with Gasteiger partial charge in [0, 0.05) is 35.9 Å². The second-order valence-corrected chi connectivity index (χ2v) is 8.27. The molecule has 3 aromatic heterocycles. The van der Waals surface area contributed by atoms with E-state index in [2.05, 4.69) is 20.4 Å². The van der Waals surface area contributed by atoms with Crippen molar-refractivity contribution in [3.05, 3.63) is 77.0 Å². The van der Waals surface area contributed by atoms with Crippen molar-refractivity contribution in [2.45, 2.75) is 37.8 Å². The summed E-state index contributed by atoms with van der Waals surface area (Å²) in [7, 11) is 0. The number of nitrogens with one attached hydrogen (secondary N) is 1. The second kappa shape index (κ2) is 10.4. The highest BCUT2D eigenvalue weighted by Crippen LogP contribution is 2.22. The Morgan fingerprint density at radius 2 is 2.06 bits per heavy atom. The molecule has 3 heterocycles. The van der Waals surface area contributed by atoms with Gasteiger partial charge in [0.25, 0.3) is 11.7 Å². The van der Waals surface area contributed by atoms with Crippen molar-refractivity contribution in [2.75, 3.05) is 13.2 Å². The van der Waals surface area contributed by atoms with Gasteiger partial charge >= 0.3 is 0 Å². The summed E-state index contributed by atoms with van der Waals surface area (Å²) in [5, 5.41) is 8.13. The van der Waals surface area contributed by atoms with E-state index in [1.807, 2.05) is 56.3 Å². The first-order valence-corrected chi connectivity index (χ1v) is 11.4. The number of rotatable bonds is 10. The number of hydrogen-bond donors (Lipinski definition) is 1. The first kappa shape index (κ1) is 22.0. The van der Waals surface area contributed by atoms with Gasteiger partial charge in [0.1, 0.15) is 12.4 Å². The summed E-state index contributed by atoms with van der Waals surface area (Å²) in [6, 6.07) is 13.3. The largest absolute Gasteiger partial charge is 0.467 e. The van der Waals surface area contributed by atoms with E-state index in [0.717, 1.165) is 29.1 Å². The number of ether oxygens (including phenoxy) is 1. The lowest BCUT2D eigenvalue weighted by atomic mass is 10.1. The van der Waals surface area contributed by atoms with Crippen LogP contribution in [0.5, 0.6) is 0 Å². The van der Waals surface area contributed by atoms with Gasteiger partial charge in [-0.25, -0.2) is 9.50 Å². The number of furan rings is 1. The number of hydrogen-bond acceptors (Lipinski definition) is 7. The lowest BCUT2D eigenvalue weighted by Gasteiger charge is -2.09. The Morgan fingerprint density at radius 3 is 2.91 bits per heavy atom. The molecule has 9 heteroatoms. The van der Waals surface area contributed by atoms with Crippen LogP contribution in [0.3, 0.4) is 0 Å². The lowest BCUT2D eigenvalue weighted by Crippen LogP contribution is -2.26. The number of amides is 1. The third-order valence-corrected chi connectivity index (χ3v) is 5.68. The minimum Gasteiger partial charge on any atom is -0.467 e. The quantitative estimate of drug-likeness (QED) is 0.288. The van der Waals surface area contributed by atoms with Crippen LogP contribution in [-0.2, 0) is 17.1 Å². The number of carbonyl (C=O) groups is 1. The fourth-order valence-electron chi connectivity index (χ4n) is 3.26. The maximum absolute atomic E-state index is 12.7. The third-order valence-electron chi connectivity index (χ3n) is 4.79. The van der Waals surface area contributed by atoms with Crippen LogP contribution in [0.15, 0.2) is 58.3 Å². The SMILES string of the molecule is Cc1cc(C)n2nc(SCc3ccccc3C(=O)NCCCOCc3ccco3)nc2n1. The van der Waals surface area contributed by atoms with Crippen molar-refractivity contribution in [1.82, 2.24) is 24.9 Å². The van der Waals surface area contributed by atoms with Crippen LogP contribution in [0.2, 0.25) is 0 Å². The zero-order valence-electron chi connectivity index (χ0n) is 18.1. The van der Waals surface area contributed by atoms with Crippen LogP contribution in [0, 0.1) is 13.8 Å². The first-order chi connectivity index (χ1) is 15.6. The molecule has 0 aliphatic carbocycles. The highest BCUT2D eigenvalue weighted by molar-refractivity contribution is 7.98. The lowest BCUT2D eigenvalue weighted by molar-refractivity contribution is 0.0916. The van der Waals surface area contributed by atoms with Crippen LogP contribution in [0.25, 0.3) is 5.78 Å². The summed E-state index contributed by atoms with van der Waals surface area (Å²) >= 11 is 1.49. The predicted molar refractivity (Wildman–Crippen MR) is 122 cm³/mol. The summed E-state index contributed by atoms with van der Waals surface area (Å²) in [6.45, 7) is 5.44. The molecular formula is C23H25N5O3S. The molecule has 1 aromatic carbocycles. The molecular weight excluding hydrogens is 426 g/mol. The minimum absolute atomic E-state index is 0.0941. The Morgan fingerprint density at radius 1 is 1.19 bits per heavy atom. The monoisotopic (exact) mass is 451 g/mol. The summed E-state index contributed by atoms with van der Waals surface area (Å²) in [5.41, 5.74) is 3.49. The highest BCUT2D eigenvalue weighted by atomic mass is 32.2. The predicted octanol–water partition coefficient (Wildman–Crippen LogP) is 3.96. The summed E-state index contributed by atoms with van der Waals surface area (Å²) in [5.74, 6) is 1.88. The Kier molecular flexibility index (Phi) is 7.18. The number of aromatic nitrogens is 4. The standard InChI is InChI=1S/C23H25N5O3S/c1-16-13-17(2)28-22(25-16)26-23(27-28)32-15-18-7-3-4-9-20(18)21(29)24-10-6-11-30-14-19-8-5-12-31-19/h3-5,7-9,12-13H,6,10-11,14-15H2,1-2H3,(H,24,29). The van der Waals surface area contributed by atoms with Gasteiger partial charge in [-0.15, -0.1) is 5.10 Å². The number of benzene rings is 1. The fourth-order valence-corrected chi connectivity index (χ4v) is 4.08. The average molecular weight is 452 g/mol. The van der Waals surface area contributed by atoms with Crippen LogP contribution in [0.4, 0.5) is 0 Å². The van der Waals surface area contributed by atoms with E-state index in [1.165, 1.54) is 11.8 Å². The Balaban J connectivity index is 1.29. The van der Waals surface area contributed by atoms with Crippen LogP contribution in [-0.4, -0.2) is 38.6 Å². The van der Waals surface area contributed by atoms with Crippen LogP contribution in [0.1, 0.15) is 39.5 Å². The molecule has 32 heavy (non-hydrogen) atoms. The number of carbonyl (C=O) groups excluding carboxylic acids is 1. The molecule has 0 atom stereocenters. The minimum atomic E-state index is -0.0941. The van der Waals surface area contributed by atoms with E-state index in [-0.39, 0.29) is 5.91 Å². The molecule has 166 valence electrons. The van der Waals surface area contributed by atoms with Crippen molar-refractivity contribution < 1.29 is 13.9 Å². The van der Waals surface area contributed by atoms with Crippen molar-refractivity contribution in [1.29, 1.82) is 0 Å². The van der Waals surface area contributed by atoms with Gasteiger partial charge in [-0.1, -0.05) is 30.0 Å². The molecule has 1 N–H and O–H groups in total. The molecule has 0 bridgehead atoms. The van der Waals surface area contributed by atoms with Gasteiger partial charge in [0.2, 0.25) is 5.16 Å². The van der Waals surface area contributed by atoms with Gasteiger partial charge in [0.05, 0.1) is 6.26 Å². The highest BCUT2D eigenvalue weighted by Gasteiger charge is 2.13. The average Bonchev–Trinajstić information content (AvgIpc) is 3.44. The van der Waals surface area contributed by atoms with Gasteiger partial charge in [-0.05, 0) is 50.1 Å².